The highest BCUT2D eigenvalue weighted by Gasteiger charge is 2.10. The van der Waals surface area contributed by atoms with Gasteiger partial charge in [-0.2, -0.15) is 0 Å². The van der Waals surface area contributed by atoms with Crippen LogP contribution in [0.4, 0.5) is 0 Å². The lowest BCUT2D eigenvalue weighted by Crippen LogP contribution is -2.06. The first-order valence-electron chi connectivity index (χ1n) is 4.98. The molecule has 0 radical (unpaired) electrons. The van der Waals surface area contributed by atoms with E-state index in [9.17, 15) is 9.59 Å². The van der Waals surface area contributed by atoms with Gasteiger partial charge in [0.2, 0.25) is 5.76 Å². The number of aromatic carboxylic acids is 1. The van der Waals surface area contributed by atoms with E-state index in [4.69, 9.17) is 21.1 Å². The fraction of sp³-hybridized carbons (Fsp3) is 0.0769. The van der Waals surface area contributed by atoms with E-state index >= 15 is 0 Å². The second-order valence-corrected chi connectivity index (χ2v) is 3.69. The van der Waals surface area contributed by atoms with Gasteiger partial charge in [0.15, 0.2) is 5.43 Å². The first-order valence-corrected chi connectivity index (χ1v) is 5.51. The third-order valence-corrected chi connectivity index (χ3v) is 2.37. The summed E-state index contributed by atoms with van der Waals surface area (Å²) in [6.07, 6.45) is 0. The summed E-state index contributed by atoms with van der Waals surface area (Å²) < 4.78 is 5.09. The van der Waals surface area contributed by atoms with Gasteiger partial charge in [-0.05, 0) is 18.2 Å². The number of halogens is 1. The van der Waals surface area contributed by atoms with Crippen LogP contribution in [0.2, 0.25) is 0 Å². The second kappa shape index (κ2) is 4.94. The molecule has 2 rings (SSSR count). The quantitative estimate of drug-likeness (QED) is 0.631. The molecule has 0 unspecified atom stereocenters. The van der Waals surface area contributed by atoms with Crippen LogP contribution in [0, 0.1) is 11.8 Å². The molecule has 0 fully saturated rings. The molecule has 0 atom stereocenters. The molecule has 4 nitrogen and oxygen atoms in total. The van der Waals surface area contributed by atoms with Gasteiger partial charge in [-0.15, -0.1) is 11.6 Å². The topological polar surface area (TPSA) is 67.5 Å². The van der Waals surface area contributed by atoms with E-state index < -0.39 is 11.4 Å². The van der Waals surface area contributed by atoms with Crippen LogP contribution in [0.15, 0.2) is 33.5 Å². The van der Waals surface area contributed by atoms with Gasteiger partial charge in [0, 0.05) is 11.6 Å². The highest BCUT2D eigenvalue weighted by atomic mass is 35.5. The molecule has 1 aromatic heterocycles. The third kappa shape index (κ3) is 2.36. The van der Waals surface area contributed by atoms with Crippen molar-refractivity contribution >= 4 is 28.5 Å². The predicted molar refractivity (Wildman–Crippen MR) is 67.0 cm³/mol. The fourth-order valence-corrected chi connectivity index (χ4v) is 1.54. The van der Waals surface area contributed by atoms with E-state index in [1.165, 1.54) is 6.07 Å². The Labute approximate surface area is 107 Å². The molecule has 1 aromatic carbocycles. The second-order valence-electron chi connectivity index (χ2n) is 3.43. The van der Waals surface area contributed by atoms with Gasteiger partial charge in [-0.3, -0.25) is 4.79 Å². The first-order chi connectivity index (χ1) is 8.61. The Morgan fingerprint density at radius 1 is 1.39 bits per heavy atom. The summed E-state index contributed by atoms with van der Waals surface area (Å²) in [4.78, 5) is 22.5. The van der Waals surface area contributed by atoms with E-state index in [1.54, 1.807) is 12.1 Å². The molecule has 18 heavy (non-hydrogen) atoms. The van der Waals surface area contributed by atoms with Crippen molar-refractivity contribution in [1.82, 2.24) is 0 Å². The Bertz CT molecular complexity index is 734. The van der Waals surface area contributed by atoms with Gasteiger partial charge in [-0.25, -0.2) is 4.79 Å². The van der Waals surface area contributed by atoms with Crippen molar-refractivity contribution in [3.05, 3.63) is 45.8 Å². The number of carboxylic acid groups (broad SMARTS) is 1. The smallest absolute Gasteiger partial charge is 0.371 e. The standard InChI is InChI=1S/C13H7ClO4/c14-5-1-2-8-3-4-11-9(6-8)10(15)7-12(18-11)13(16)17/h3-4,6-7H,5H2,(H,16,17). The minimum absolute atomic E-state index is 0.199. The lowest BCUT2D eigenvalue weighted by Gasteiger charge is -1.99. The number of carboxylic acids is 1. The van der Waals surface area contributed by atoms with Crippen molar-refractivity contribution < 1.29 is 14.3 Å². The van der Waals surface area contributed by atoms with Gasteiger partial charge in [0.1, 0.15) is 5.58 Å². The molecule has 90 valence electrons. The molecular weight excluding hydrogens is 256 g/mol. The molecule has 0 saturated carbocycles. The highest BCUT2D eigenvalue weighted by molar-refractivity contribution is 6.19. The van der Waals surface area contributed by atoms with E-state index in [0.29, 0.717) is 10.9 Å². The molecule has 0 bridgehead atoms. The molecule has 1 heterocycles. The highest BCUT2D eigenvalue weighted by Crippen LogP contribution is 2.14. The van der Waals surface area contributed by atoms with Gasteiger partial charge in [0.25, 0.3) is 0 Å². The van der Waals surface area contributed by atoms with Crippen LogP contribution < -0.4 is 5.43 Å². The zero-order valence-electron chi connectivity index (χ0n) is 9.07. The molecule has 5 heteroatoms. The third-order valence-electron chi connectivity index (χ3n) is 2.24. The minimum Gasteiger partial charge on any atom is -0.475 e. The normalized spacial score (nSPS) is 9.83. The van der Waals surface area contributed by atoms with Crippen LogP contribution >= 0.6 is 11.6 Å². The van der Waals surface area contributed by atoms with E-state index in [-0.39, 0.29) is 17.2 Å². The van der Waals surface area contributed by atoms with Crippen molar-refractivity contribution in [2.45, 2.75) is 0 Å². The Hall–Kier alpha value is -2.25. The molecule has 0 spiro atoms. The number of alkyl halides is 1. The summed E-state index contributed by atoms with van der Waals surface area (Å²) in [6, 6.07) is 5.65. The molecule has 0 amide bonds. The van der Waals surface area contributed by atoms with Crippen LogP contribution in [0.5, 0.6) is 0 Å². The molecule has 2 aromatic rings. The Morgan fingerprint density at radius 2 is 2.17 bits per heavy atom. The average molecular weight is 263 g/mol. The van der Waals surface area contributed by atoms with E-state index in [1.807, 2.05) is 0 Å². The maximum absolute atomic E-state index is 11.7. The van der Waals surface area contributed by atoms with Crippen molar-refractivity contribution in [2.75, 3.05) is 5.88 Å². The van der Waals surface area contributed by atoms with Crippen molar-refractivity contribution in [3.8, 4) is 11.8 Å². The Morgan fingerprint density at radius 3 is 2.83 bits per heavy atom. The van der Waals surface area contributed by atoms with Crippen LogP contribution in [-0.2, 0) is 0 Å². The monoisotopic (exact) mass is 262 g/mol. The number of rotatable bonds is 1. The van der Waals surface area contributed by atoms with Gasteiger partial charge >= 0.3 is 5.97 Å². The van der Waals surface area contributed by atoms with Gasteiger partial charge in [0.05, 0.1) is 11.3 Å². The largest absolute Gasteiger partial charge is 0.475 e. The number of fused-ring (bicyclic) bond motifs is 1. The van der Waals surface area contributed by atoms with E-state index in [0.717, 1.165) is 6.07 Å². The summed E-state index contributed by atoms with van der Waals surface area (Å²) in [6.45, 7) is 0. The van der Waals surface area contributed by atoms with Gasteiger partial charge < -0.3 is 9.52 Å². The van der Waals surface area contributed by atoms with Crippen LogP contribution in [0.3, 0.4) is 0 Å². The summed E-state index contributed by atoms with van der Waals surface area (Å²) >= 11 is 5.44. The SMILES string of the molecule is O=C(O)c1cc(=O)c2cc(C#CCCl)ccc2o1. The molecule has 1 N–H and O–H groups in total. The number of carbonyl (C=O) groups is 1. The number of benzene rings is 1. The maximum atomic E-state index is 11.7. The summed E-state index contributed by atoms with van der Waals surface area (Å²) in [5.41, 5.74) is 0.429. The minimum atomic E-state index is -1.28. The molecule has 0 saturated heterocycles. The van der Waals surface area contributed by atoms with Crippen molar-refractivity contribution in [1.29, 1.82) is 0 Å². The summed E-state index contributed by atoms with van der Waals surface area (Å²) in [5, 5.41) is 9.06. The number of hydrogen-bond acceptors (Lipinski definition) is 3. The average Bonchev–Trinajstić information content (AvgIpc) is 2.36. The first kappa shape index (κ1) is 12.2. The van der Waals surface area contributed by atoms with Crippen LogP contribution in [-0.4, -0.2) is 17.0 Å². The maximum Gasteiger partial charge on any atom is 0.371 e. The number of hydrogen-bond donors (Lipinski definition) is 1. The van der Waals surface area contributed by atoms with Crippen molar-refractivity contribution in [2.24, 2.45) is 0 Å². The van der Waals surface area contributed by atoms with Crippen molar-refractivity contribution in [3.63, 3.8) is 0 Å². The predicted octanol–water partition coefficient (Wildman–Crippen LogP) is 2.08. The molecule has 0 aliphatic rings. The van der Waals surface area contributed by atoms with Crippen LogP contribution in [0.1, 0.15) is 16.1 Å². The zero-order chi connectivity index (χ0) is 13.1. The summed E-state index contributed by atoms with van der Waals surface area (Å²) in [5.74, 6) is 3.98. The fourth-order valence-electron chi connectivity index (χ4n) is 1.47. The summed E-state index contributed by atoms with van der Waals surface area (Å²) in [7, 11) is 0. The lowest BCUT2D eigenvalue weighted by atomic mass is 10.1. The molecular formula is C13H7ClO4. The molecule has 0 aliphatic heterocycles. The zero-order valence-corrected chi connectivity index (χ0v) is 9.82. The van der Waals surface area contributed by atoms with Gasteiger partial charge in [-0.1, -0.05) is 11.8 Å². The van der Waals surface area contributed by atoms with Crippen LogP contribution in [0.25, 0.3) is 11.0 Å². The molecule has 0 aliphatic carbocycles. The Balaban J connectivity index is 2.65. The van der Waals surface area contributed by atoms with E-state index in [2.05, 4.69) is 11.8 Å². The lowest BCUT2D eigenvalue weighted by molar-refractivity contribution is 0.0663. The Kier molecular flexibility index (Phi) is 3.35.